The first-order chi connectivity index (χ1) is 14.9. The third-order valence-corrected chi connectivity index (χ3v) is 5.99. The van der Waals surface area contributed by atoms with Crippen molar-refractivity contribution in [1.82, 2.24) is 5.16 Å². The van der Waals surface area contributed by atoms with Crippen LogP contribution in [0.4, 0.5) is 11.5 Å². The van der Waals surface area contributed by atoms with Gasteiger partial charge >= 0.3 is 0 Å². The van der Waals surface area contributed by atoms with Gasteiger partial charge in [0.05, 0.1) is 4.90 Å². The van der Waals surface area contributed by atoms with Crippen LogP contribution in [-0.4, -0.2) is 26.1 Å². The van der Waals surface area contributed by atoms with Gasteiger partial charge in [0.15, 0.2) is 12.4 Å². The molecule has 0 aliphatic carbocycles. The number of nitrogens with zero attached hydrogens (tertiary/aromatic N) is 1. The third-order valence-electron chi connectivity index (χ3n) is 4.62. The second-order valence-corrected chi connectivity index (χ2v) is 10.2. The van der Waals surface area contributed by atoms with Gasteiger partial charge in [-0.3, -0.25) is 9.52 Å². The van der Waals surface area contributed by atoms with Gasteiger partial charge in [-0.2, -0.15) is 0 Å². The van der Waals surface area contributed by atoms with Gasteiger partial charge in [0.25, 0.3) is 15.9 Å². The van der Waals surface area contributed by atoms with Crippen LogP contribution in [0.5, 0.6) is 5.75 Å². The van der Waals surface area contributed by atoms with E-state index in [1.54, 1.807) is 6.92 Å². The van der Waals surface area contributed by atoms with Crippen molar-refractivity contribution in [2.24, 2.45) is 0 Å². The minimum absolute atomic E-state index is 0.0295. The average molecular weight is 458 g/mol. The lowest BCUT2D eigenvalue weighted by Crippen LogP contribution is -2.22. The molecule has 1 aromatic heterocycles. The van der Waals surface area contributed by atoms with E-state index < -0.39 is 10.0 Å². The first-order valence-electron chi connectivity index (χ1n) is 10.0. The molecule has 0 saturated heterocycles. The molecule has 0 saturated carbocycles. The van der Waals surface area contributed by atoms with Crippen LogP contribution < -0.4 is 14.8 Å². The Labute approximate surface area is 188 Å². The number of aryl methyl sites for hydroxylation is 2. The Balaban J connectivity index is 1.62. The first kappa shape index (κ1) is 23.3. The molecule has 3 aromatic rings. The van der Waals surface area contributed by atoms with Crippen LogP contribution in [0.2, 0.25) is 0 Å². The van der Waals surface area contributed by atoms with E-state index in [4.69, 9.17) is 9.26 Å². The molecule has 1 heterocycles. The summed E-state index contributed by atoms with van der Waals surface area (Å²) in [6.45, 7) is 9.76. The SMILES string of the molecule is Cc1ccc(OCC(=O)Nc2ccc(S(=O)(=O)Nc3cc(C)on3)cc2)c(C(C)(C)C)c1. The number of hydrogen-bond donors (Lipinski definition) is 2. The second kappa shape index (κ2) is 9.04. The van der Waals surface area contributed by atoms with Crippen molar-refractivity contribution in [3.63, 3.8) is 0 Å². The van der Waals surface area contributed by atoms with Crippen molar-refractivity contribution >= 4 is 27.4 Å². The fourth-order valence-corrected chi connectivity index (χ4v) is 4.01. The Morgan fingerprint density at radius 2 is 1.75 bits per heavy atom. The predicted molar refractivity (Wildman–Crippen MR) is 122 cm³/mol. The lowest BCUT2D eigenvalue weighted by atomic mass is 9.85. The number of rotatable bonds is 7. The Morgan fingerprint density at radius 1 is 1.06 bits per heavy atom. The molecule has 2 aromatic carbocycles. The Morgan fingerprint density at radius 3 is 2.34 bits per heavy atom. The minimum atomic E-state index is -3.82. The summed E-state index contributed by atoms with van der Waals surface area (Å²) in [5.74, 6) is 0.900. The van der Waals surface area contributed by atoms with Crippen molar-refractivity contribution in [3.8, 4) is 5.75 Å². The second-order valence-electron chi connectivity index (χ2n) is 8.54. The van der Waals surface area contributed by atoms with Crippen LogP contribution in [0.15, 0.2) is 57.9 Å². The number of sulfonamides is 1. The molecular weight excluding hydrogens is 430 g/mol. The highest BCUT2D eigenvalue weighted by molar-refractivity contribution is 7.92. The van der Waals surface area contributed by atoms with Gasteiger partial charge in [0, 0.05) is 11.8 Å². The maximum absolute atomic E-state index is 12.4. The summed E-state index contributed by atoms with van der Waals surface area (Å²) in [4.78, 5) is 12.4. The predicted octanol–water partition coefficient (Wildman–Crippen LogP) is 4.41. The quantitative estimate of drug-likeness (QED) is 0.544. The number of amides is 1. The van der Waals surface area contributed by atoms with Gasteiger partial charge in [0.1, 0.15) is 11.5 Å². The molecule has 0 bridgehead atoms. The summed E-state index contributed by atoms with van der Waals surface area (Å²) in [5, 5.41) is 6.33. The van der Waals surface area contributed by atoms with Crippen LogP contribution in [0.25, 0.3) is 0 Å². The number of carbonyl (C=O) groups is 1. The number of nitrogens with one attached hydrogen (secondary N) is 2. The van der Waals surface area contributed by atoms with Crippen LogP contribution in [0, 0.1) is 13.8 Å². The summed E-state index contributed by atoms with van der Waals surface area (Å²) < 4.78 is 37.8. The fraction of sp³-hybridized carbons (Fsp3) is 0.304. The van der Waals surface area contributed by atoms with Crippen LogP contribution in [0.1, 0.15) is 37.7 Å². The van der Waals surface area contributed by atoms with Crippen LogP contribution in [0.3, 0.4) is 0 Å². The minimum Gasteiger partial charge on any atom is -0.483 e. The Bertz CT molecular complexity index is 1210. The lowest BCUT2D eigenvalue weighted by molar-refractivity contribution is -0.118. The number of benzene rings is 2. The van der Waals surface area contributed by atoms with Crippen molar-refractivity contribution in [1.29, 1.82) is 0 Å². The van der Waals surface area contributed by atoms with E-state index in [0.29, 0.717) is 17.2 Å². The maximum Gasteiger partial charge on any atom is 0.263 e. The largest absolute Gasteiger partial charge is 0.483 e. The van der Waals surface area contributed by atoms with Gasteiger partial charge < -0.3 is 14.6 Å². The van der Waals surface area contributed by atoms with Gasteiger partial charge in [-0.05, 0) is 55.2 Å². The molecule has 8 nitrogen and oxygen atoms in total. The molecule has 0 aliphatic rings. The number of hydrogen-bond acceptors (Lipinski definition) is 6. The summed E-state index contributed by atoms with van der Waals surface area (Å²) in [5.41, 5.74) is 2.47. The van der Waals surface area contributed by atoms with Gasteiger partial charge in [-0.1, -0.05) is 43.6 Å². The van der Waals surface area contributed by atoms with E-state index >= 15 is 0 Å². The molecule has 32 heavy (non-hydrogen) atoms. The van der Waals surface area contributed by atoms with Gasteiger partial charge in [-0.25, -0.2) is 8.42 Å². The maximum atomic E-state index is 12.4. The molecular formula is C23H27N3O5S. The smallest absolute Gasteiger partial charge is 0.263 e. The van der Waals surface area contributed by atoms with Crippen molar-refractivity contribution in [3.05, 3.63) is 65.4 Å². The fourth-order valence-electron chi connectivity index (χ4n) is 3.02. The molecule has 1 amide bonds. The zero-order valence-corrected chi connectivity index (χ0v) is 19.5. The third kappa shape index (κ3) is 5.88. The highest BCUT2D eigenvalue weighted by Crippen LogP contribution is 2.32. The monoisotopic (exact) mass is 457 g/mol. The number of carbonyl (C=O) groups excluding carboxylic acids is 1. The van der Waals surface area contributed by atoms with E-state index in [0.717, 1.165) is 11.1 Å². The number of anilines is 2. The molecule has 0 fully saturated rings. The van der Waals surface area contributed by atoms with Crippen LogP contribution in [-0.2, 0) is 20.2 Å². The molecule has 0 radical (unpaired) electrons. The molecule has 0 spiro atoms. The van der Waals surface area contributed by atoms with E-state index in [-0.39, 0.29) is 28.6 Å². The van der Waals surface area contributed by atoms with E-state index in [9.17, 15) is 13.2 Å². The number of aromatic nitrogens is 1. The topological polar surface area (TPSA) is 111 Å². The van der Waals surface area contributed by atoms with E-state index in [1.165, 1.54) is 30.3 Å². The number of ether oxygens (including phenoxy) is 1. The summed E-state index contributed by atoms with van der Waals surface area (Å²) in [7, 11) is -3.82. The van der Waals surface area contributed by atoms with E-state index in [1.807, 2.05) is 19.1 Å². The molecule has 170 valence electrons. The van der Waals surface area contributed by atoms with Crippen molar-refractivity contribution in [2.45, 2.75) is 44.9 Å². The van der Waals surface area contributed by atoms with Crippen LogP contribution >= 0.6 is 0 Å². The Kier molecular flexibility index (Phi) is 6.59. The standard InChI is InChI=1S/C23H27N3O5S/c1-15-6-11-20(19(12-15)23(3,4)5)30-14-22(27)24-17-7-9-18(10-8-17)32(28,29)26-21-13-16(2)31-25-21/h6-13H,14H2,1-5H3,(H,24,27)(H,25,26). The zero-order valence-electron chi connectivity index (χ0n) is 18.7. The van der Waals surface area contributed by atoms with E-state index in [2.05, 4.69) is 42.0 Å². The zero-order chi connectivity index (χ0) is 23.5. The van der Waals surface area contributed by atoms with Gasteiger partial charge in [-0.15, -0.1) is 0 Å². The lowest BCUT2D eigenvalue weighted by Gasteiger charge is -2.23. The molecule has 0 unspecified atom stereocenters. The molecule has 9 heteroatoms. The summed E-state index contributed by atoms with van der Waals surface area (Å²) in [6.07, 6.45) is 0. The Hall–Kier alpha value is -3.33. The first-order valence-corrected chi connectivity index (χ1v) is 11.5. The summed E-state index contributed by atoms with van der Waals surface area (Å²) >= 11 is 0. The highest BCUT2D eigenvalue weighted by Gasteiger charge is 2.20. The molecule has 3 rings (SSSR count). The average Bonchev–Trinajstić information content (AvgIpc) is 3.10. The van der Waals surface area contributed by atoms with Crippen molar-refractivity contribution in [2.75, 3.05) is 16.6 Å². The molecule has 2 N–H and O–H groups in total. The van der Waals surface area contributed by atoms with Gasteiger partial charge in [0.2, 0.25) is 0 Å². The molecule has 0 atom stereocenters. The molecule has 0 aliphatic heterocycles. The normalized spacial score (nSPS) is 11.8. The highest BCUT2D eigenvalue weighted by atomic mass is 32.2. The van der Waals surface area contributed by atoms with Crippen molar-refractivity contribution < 1.29 is 22.5 Å². The summed E-state index contributed by atoms with van der Waals surface area (Å²) in [6, 6.07) is 13.1.